The van der Waals surface area contributed by atoms with Gasteiger partial charge in [-0.3, -0.25) is 0 Å². The standard InChI is InChI=1S/C8H7N4/c9-12-10-6-8(11-12)7-4-2-1-3-5-7/h1-5H,9H2. The zero-order valence-electron chi connectivity index (χ0n) is 6.31. The third kappa shape index (κ3) is 1.14. The van der Waals surface area contributed by atoms with Crippen LogP contribution in [-0.2, 0) is 0 Å². The van der Waals surface area contributed by atoms with Crippen molar-refractivity contribution in [2.45, 2.75) is 0 Å². The first-order chi connectivity index (χ1) is 5.86. The van der Waals surface area contributed by atoms with Crippen molar-refractivity contribution in [2.75, 3.05) is 5.84 Å². The molecule has 4 nitrogen and oxygen atoms in total. The molecule has 1 radical (unpaired) electrons. The Bertz CT molecular complexity index is 366. The first kappa shape index (κ1) is 6.84. The average molecular weight is 159 g/mol. The Labute approximate surface area is 69.6 Å². The second-order valence-corrected chi connectivity index (χ2v) is 2.35. The Kier molecular flexibility index (Phi) is 1.51. The smallest absolute Gasteiger partial charge is 0.145 e. The van der Waals surface area contributed by atoms with Crippen LogP contribution in [0.3, 0.4) is 0 Å². The number of hydrogen-bond donors (Lipinski definition) is 1. The molecule has 2 N–H and O–H groups in total. The molecule has 2 rings (SSSR count). The van der Waals surface area contributed by atoms with Crippen LogP contribution < -0.4 is 5.84 Å². The fourth-order valence-corrected chi connectivity index (χ4v) is 0.964. The molecule has 1 aromatic heterocycles. The van der Waals surface area contributed by atoms with Crippen molar-refractivity contribution >= 4 is 0 Å². The van der Waals surface area contributed by atoms with Gasteiger partial charge < -0.3 is 5.84 Å². The Morgan fingerprint density at radius 1 is 1.25 bits per heavy atom. The van der Waals surface area contributed by atoms with Crippen LogP contribution >= 0.6 is 0 Å². The lowest BCUT2D eigenvalue weighted by atomic mass is 10.2. The quantitative estimate of drug-likeness (QED) is 0.615. The van der Waals surface area contributed by atoms with Crippen molar-refractivity contribution in [1.29, 1.82) is 0 Å². The maximum Gasteiger partial charge on any atom is 0.145 e. The SMILES string of the molecule is Nn1n[c]c(-c2ccccc2)n1. The van der Waals surface area contributed by atoms with Crippen LogP contribution in [0, 0.1) is 6.20 Å². The average Bonchev–Trinajstić information content (AvgIpc) is 2.54. The van der Waals surface area contributed by atoms with Crippen LogP contribution in [0.25, 0.3) is 11.3 Å². The van der Waals surface area contributed by atoms with Gasteiger partial charge in [0.05, 0.1) is 0 Å². The van der Waals surface area contributed by atoms with Crippen molar-refractivity contribution in [3.8, 4) is 11.3 Å². The van der Waals surface area contributed by atoms with E-state index in [1.54, 1.807) is 0 Å². The number of nitrogens with two attached hydrogens (primary N) is 1. The van der Waals surface area contributed by atoms with E-state index in [1.165, 1.54) is 0 Å². The van der Waals surface area contributed by atoms with E-state index in [0.29, 0.717) is 5.69 Å². The first-order valence-electron chi connectivity index (χ1n) is 3.52. The van der Waals surface area contributed by atoms with Gasteiger partial charge in [0.15, 0.2) is 0 Å². The van der Waals surface area contributed by atoms with Gasteiger partial charge in [0.25, 0.3) is 0 Å². The fraction of sp³-hybridized carbons (Fsp3) is 0. The summed E-state index contributed by atoms with van der Waals surface area (Å²) in [5.41, 5.74) is 1.63. The molecule has 0 spiro atoms. The van der Waals surface area contributed by atoms with Gasteiger partial charge in [-0.05, 0) is 0 Å². The Hall–Kier alpha value is -1.84. The largest absolute Gasteiger partial charge is 0.306 e. The maximum absolute atomic E-state index is 5.28. The predicted octanol–water partition coefficient (Wildman–Crippen LogP) is 0.459. The van der Waals surface area contributed by atoms with Gasteiger partial charge in [0.1, 0.15) is 11.9 Å². The molecule has 0 amide bonds. The molecule has 0 aliphatic carbocycles. The summed E-state index contributed by atoms with van der Waals surface area (Å²) in [5, 5.41) is 7.56. The molecule has 1 heterocycles. The van der Waals surface area contributed by atoms with Gasteiger partial charge in [-0.1, -0.05) is 35.2 Å². The summed E-state index contributed by atoms with van der Waals surface area (Å²) in [6.45, 7) is 0. The number of hydrogen-bond acceptors (Lipinski definition) is 3. The molecule has 0 aliphatic rings. The number of nitrogens with zero attached hydrogens (tertiary/aromatic N) is 3. The van der Waals surface area contributed by atoms with Crippen LogP contribution in [0.15, 0.2) is 30.3 Å². The van der Waals surface area contributed by atoms with Gasteiger partial charge in [0, 0.05) is 5.56 Å². The lowest BCUT2D eigenvalue weighted by Gasteiger charge is -1.91. The molecular weight excluding hydrogens is 152 g/mol. The molecular formula is C8H7N4. The highest BCUT2D eigenvalue weighted by molar-refractivity contribution is 5.56. The van der Waals surface area contributed by atoms with Crippen LogP contribution in [0.1, 0.15) is 0 Å². The first-order valence-corrected chi connectivity index (χ1v) is 3.52. The fourth-order valence-electron chi connectivity index (χ4n) is 0.964. The van der Waals surface area contributed by atoms with E-state index in [1.807, 2.05) is 30.3 Å². The second kappa shape index (κ2) is 2.65. The minimum absolute atomic E-state index is 0.665. The summed E-state index contributed by atoms with van der Waals surface area (Å²) in [5.74, 6) is 5.28. The summed E-state index contributed by atoms with van der Waals surface area (Å²) < 4.78 is 0. The number of benzene rings is 1. The van der Waals surface area contributed by atoms with E-state index < -0.39 is 0 Å². The molecule has 0 fully saturated rings. The third-order valence-electron chi connectivity index (χ3n) is 1.51. The van der Waals surface area contributed by atoms with Gasteiger partial charge in [0.2, 0.25) is 0 Å². The Balaban J connectivity index is 2.45. The van der Waals surface area contributed by atoms with E-state index >= 15 is 0 Å². The zero-order chi connectivity index (χ0) is 8.39. The molecule has 1 aromatic carbocycles. The lowest BCUT2D eigenvalue weighted by Crippen LogP contribution is -2.11. The Morgan fingerprint density at radius 2 is 2.00 bits per heavy atom. The second-order valence-electron chi connectivity index (χ2n) is 2.35. The summed E-state index contributed by atoms with van der Waals surface area (Å²) in [7, 11) is 0. The van der Waals surface area contributed by atoms with Crippen molar-refractivity contribution in [1.82, 2.24) is 15.1 Å². The Morgan fingerprint density at radius 3 is 2.58 bits per heavy atom. The van der Waals surface area contributed by atoms with Gasteiger partial charge in [-0.15, -0.1) is 10.2 Å². The van der Waals surface area contributed by atoms with Crippen LogP contribution in [-0.4, -0.2) is 15.1 Å². The normalized spacial score (nSPS) is 10.0. The van der Waals surface area contributed by atoms with E-state index in [2.05, 4.69) is 16.4 Å². The van der Waals surface area contributed by atoms with Crippen molar-refractivity contribution in [3.05, 3.63) is 36.5 Å². The summed E-state index contributed by atoms with van der Waals surface area (Å²) in [6, 6.07) is 9.66. The minimum atomic E-state index is 0.665. The van der Waals surface area contributed by atoms with Crippen LogP contribution in [0.2, 0.25) is 0 Å². The lowest BCUT2D eigenvalue weighted by molar-refractivity contribution is 0.708. The van der Waals surface area contributed by atoms with E-state index in [0.717, 1.165) is 10.5 Å². The topological polar surface area (TPSA) is 56.7 Å². The molecule has 12 heavy (non-hydrogen) atoms. The predicted molar refractivity (Wildman–Crippen MR) is 44.4 cm³/mol. The molecule has 0 saturated carbocycles. The van der Waals surface area contributed by atoms with E-state index in [-0.39, 0.29) is 0 Å². The molecule has 59 valence electrons. The van der Waals surface area contributed by atoms with Crippen LogP contribution in [0.5, 0.6) is 0 Å². The molecule has 4 heteroatoms. The van der Waals surface area contributed by atoms with Crippen molar-refractivity contribution in [2.24, 2.45) is 0 Å². The zero-order valence-corrected chi connectivity index (χ0v) is 6.31. The van der Waals surface area contributed by atoms with E-state index in [4.69, 9.17) is 5.84 Å². The number of nitrogen functional groups attached to an aromatic ring is 1. The molecule has 0 saturated heterocycles. The van der Waals surface area contributed by atoms with Crippen molar-refractivity contribution < 1.29 is 0 Å². The number of aromatic nitrogens is 3. The van der Waals surface area contributed by atoms with Gasteiger partial charge >= 0.3 is 0 Å². The molecule has 0 aliphatic heterocycles. The summed E-state index contributed by atoms with van der Waals surface area (Å²) in [6.07, 6.45) is 2.70. The molecule has 0 atom stereocenters. The summed E-state index contributed by atoms with van der Waals surface area (Å²) >= 11 is 0. The summed E-state index contributed by atoms with van der Waals surface area (Å²) in [4.78, 5) is 1.00. The monoisotopic (exact) mass is 159 g/mol. The molecule has 2 aromatic rings. The van der Waals surface area contributed by atoms with Crippen LogP contribution in [0.4, 0.5) is 0 Å². The highest BCUT2D eigenvalue weighted by atomic mass is 15.6. The number of rotatable bonds is 1. The van der Waals surface area contributed by atoms with Crippen molar-refractivity contribution in [3.63, 3.8) is 0 Å². The minimum Gasteiger partial charge on any atom is -0.306 e. The molecule has 0 bridgehead atoms. The highest BCUT2D eigenvalue weighted by Gasteiger charge is 2.00. The highest BCUT2D eigenvalue weighted by Crippen LogP contribution is 2.12. The van der Waals surface area contributed by atoms with Gasteiger partial charge in [-0.2, -0.15) is 0 Å². The maximum atomic E-state index is 5.28. The van der Waals surface area contributed by atoms with Gasteiger partial charge in [-0.25, -0.2) is 0 Å². The third-order valence-corrected chi connectivity index (χ3v) is 1.51. The van der Waals surface area contributed by atoms with E-state index in [9.17, 15) is 0 Å². The molecule has 0 unspecified atom stereocenters.